The maximum atomic E-state index is 10.9. The highest BCUT2D eigenvalue weighted by Crippen LogP contribution is 2.17. The number of amides is 1. The van der Waals surface area contributed by atoms with E-state index in [2.05, 4.69) is 0 Å². The Bertz CT molecular complexity index is 230. The van der Waals surface area contributed by atoms with Crippen LogP contribution in [0.25, 0.3) is 0 Å². The van der Waals surface area contributed by atoms with Gasteiger partial charge in [0.2, 0.25) is 5.91 Å². The first-order valence-corrected chi connectivity index (χ1v) is 4.86. The average molecular weight is 200 g/mol. The monoisotopic (exact) mass is 200 g/mol. The fraction of sp³-hybridized carbons (Fsp3) is 0.778. The number of carbonyl (C=O) groups is 2. The topological polar surface area (TPSA) is 83.6 Å². The van der Waals surface area contributed by atoms with E-state index in [1.165, 1.54) is 0 Å². The molecule has 0 bridgehead atoms. The van der Waals surface area contributed by atoms with Gasteiger partial charge in [0, 0.05) is 13.0 Å². The minimum atomic E-state index is -0.797. The van der Waals surface area contributed by atoms with E-state index >= 15 is 0 Å². The fourth-order valence-corrected chi connectivity index (χ4v) is 1.79. The Morgan fingerprint density at radius 2 is 2.14 bits per heavy atom. The summed E-state index contributed by atoms with van der Waals surface area (Å²) in [5.74, 6) is -1.17. The number of nitrogens with zero attached hydrogens (tertiary/aromatic N) is 1. The Hall–Kier alpha value is -1.10. The Morgan fingerprint density at radius 1 is 1.43 bits per heavy atom. The maximum absolute atomic E-state index is 10.9. The Kier molecular flexibility index (Phi) is 3.88. The molecule has 1 amide bonds. The lowest BCUT2D eigenvalue weighted by Crippen LogP contribution is -2.45. The van der Waals surface area contributed by atoms with Crippen LogP contribution < -0.4 is 5.73 Å². The summed E-state index contributed by atoms with van der Waals surface area (Å²) in [6.45, 7) is 1.22. The second kappa shape index (κ2) is 4.95. The van der Waals surface area contributed by atoms with Crippen molar-refractivity contribution in [2.45, 2.75) is 31.7 Å². The first kappa shape index (κ1) is 11.0. The maximum Gasteiger partial charge on any atom is 0.320 e. The SMILES string of the molecule is NC(=O)CCN1CCCCC1C(=O)O. The van der Waals surface area contributed by atoms with Gasteiger partial charge in [0.25, 0.3) is 0 Å². The molecule has 0 aromatic heterocycles. The molecule has 0 aromatic carbocycles. The van der Waals surface area contributed by atoms with Gasteiger partial charge in [-0.1, -0.05) is 6.42 Å². The minimum Gasteiger partial charge on any atom is -0.480 e. The van der Waals surface area contributed by atoms with E-state index in [4.69, 9.17) is 10.8 Å². The molecule has 1 aliphatic rings. The van der Waals surface area contributed by atoms with Crippen LogP contribution in [0, 0.1) is 0 Å². The molecule has 0 aromatic rings. The van der Waals surface area contributed by atoms with E-state index in [-0.39, 0.29) is 12.3 Å². The molecular formula is C9H16N2O3. The first-order valence-electron chi connectivity index (χ1n) is 4.86. The molecule has 1 saturated heterocycles. The van der Waals surface area contributed by atoms with Gasteiger partial charge < -0.3 is 10.8 Å². The summed E-state index contributed by atoms with van der Waals surface area (Å²) in [7, 11) is 0. The molecule has 0 aliphatic carbocycles. The number of carboxylic acid groups (broad SMARTS) is 1. The highest BCUT2D eigenvalue weighted by atomic mass is 16.4. The molecule has 80 valence electrons. The molecule has 1 rings (SSSR count). The number of piperidine rings is 1. The predicted molar refractivity (Wildman–Crippen MR) is 50.7 cm³/mol. The second-order valence-electron chi connectivity index (χ2n) is 3.60. The number of aliphatic carboxylic acids is 1. The zero-order valence-electron chi connectivity index (χ0n) is 8.11. The summed E-state index contributed by atoms with van der Waals surface area (Å²) >= 11 is 0. The van der Waals surface area contributed by atoms with Crippen LogP contribution in [0.15, 0.2) is 0 Å². The van der Waals surface area contributed by atoms with Crippen molar-refractivity contribution in [3.8, 4) is 0 Å². The number of hydrogen-bond acceptors (Lipinski definition) is 3. The molecule has 0 saturated carbocycles. The lowest BCUT2D eigenvalue weighted by atomic mass is 10.0. The van der Waals surface area contributed by atoms with Crippen LogP contribution in [0.1, 0.15) is 25.7 Å². The lowest BCUT2D eigenvalue weighted by molar-refractivity contribution is -0.145. The van der Waals surface area contributed by atoms with Crippen LogP contribution >= 0.6 is 0 Å². The summed E-state index contributed by atoms with van der Waals surface area (Å²) in [6.07, 6.45) is 2.87. The molecule has 14 heavy (non-hydrogen) atoms. The van der Waals surface area contributed by atoms with Crippen molar-refractivity contribution in [2.24, 2.45) is 5.73 Å². The van der Waals surface area contributed by atoms with Crippen molar-refractivity contribution in [3.05, 3.63) is 0 Å². The summed E-state index contributed by atoms with van der Waals surface area (Å²) in [5, 5.41) is 8.92. The third kappa shape index (κ3) is 2.99. The molecule has 3 N–H and O–H groups in total. The van der Waals surface area contributed by atoms with E-state index in [1.54, 1.807) is 0 Å². The van der Waals surface area contributed by atoms with Gasteiger partial charge in [-0.15, -0.1) is 0 Å². The van der Waals surface area contributed by atoms with Crippen molar-refractivity contribution in [3.63, 3.8) is 0 Å². The molecule has 1 fully saturated rings. The zero-order chi connectivity index (χ0) is 10.6. The van der Waals surface area contributed by atoms with Crippen molar-refractivity contribution < 1.29 is 14.7 Å². The number of primary amides is 1. The van der Waals surface area contributed by atoms with Gasteiger partial charge in [0.1, 0.15) is 6.04 Å². The number of carboxylic acids is 1. The van der Waals surface area contributed by atoms with Gasteiger partial charge in [-0.2, -0.15) is 0 Å². The number of likely N-dealkylation sites (tertiary alicyclic amines) is 1. The van der Waals surface area contributed by atoms with Crippen LogP contribution in [0.2, 0.25) is 0 Å². The minimum absolute atomic E-state index is 0.240. The molecule has 1 aliphatic heterocycles. The predicted octanol–water partition coefficient (Wildman–Crippen LogP) is -0.199. The number of hydrogen-bond donors (Lipinski definition) is 2. The normalized spacial score (nSPS) is 23.3. The van der Waals surface area contributed by atoms with E-state index in [0.717, 1.165) is 19.4 Å². The quantitative estimate of drug-likeness (QED) is 0.658. The first-order chi connectivity index (χ1) is 6.61. The van der Waals surface area contributed by atoms with E-state index in [0.29, 0.717) is 13.0 Å². The van der Waals surface area contributed by atoms with Gasteiger partial charge >= 0.3 is 5.97 Å². The largest absolute Gasteiger partial charge is 0.480 e. The third-order valence-electron chi connectivity index (χ3n) is 2.54. The van der Waals surface area contributed by atoms with Gasteiger partial charge in [-0.05, 0) is 19.4 Å². The Labute approximate surface area is 82.9 Å². The second-order valence-corrected chi connectivity index (χ2v) is 3.60. The molecule has 5 nitrogen and oxygen atoms in total. The summed E-state index contributed by atoms with van der Waals surface area (Å²) in [6, 6.07) is -0.428. The van der Waals surface area contributed by atoms with E-state index in [9.17, 15) is 9.59 Å². The molecule has 5 heteroatoms. The average Bonchev–Trinajstić information content (AvgIpc) is 2.15. The van der Waals surface area contributed by atoms with Gasteiger partial charge in [-0.25, -0.2) is 0 Å². The van der Waals surface area contributed by atoms with E-state index in [1.807, 2.05) is 4.90 Å². The van der Waals surface area contributed by atoms with Crippen molar-refractivity contribution in [2.75, 3.05) is 13.1 Å². The van der Waals surface area contributed by atoms with Crippen LogP contribution in [0.3, 0.4) is 0 Å². The summed E-state index contributed by atoms with van der Waals surface area (Å²) in [4.78, 5) is 23.2. The Balaban J connectivity index is 2.45. The van der Waals surface area contributed by atoms with Crippen molar-refractivity contribution >= 4 is 11.9 Å². The number of carbonyl (C=O) groups excluding carboxylic acids is 1. The molecule has 1 atom stereocenters. The standard InChI is InChI=1S/C9H16N2O3/c10-8(12)4-6-11-5-2-1-3-7(11)9(13)14/h7H,1-6H2,(H2,10,12)(H,13,14). The highest BCUT2D eigenvalue weighted by molar-refractivity contribution is 5.75. The lowest BCUT2D eigenvalue weighted by Gasteiger charge is -2.32. The molecule has 1 heterocycles. The summed E-state index contributed by atoms with van der Waals surface area (Å²) < 4.78 is 0. The van der Waals surface area contributed by atoms with Crippen LogP contribution in [0.5, 0.6) is 0 Å². The van der Waals surface area contributed by atoms with E-state index < -0.39 is 12.0 Å². The molecular weight excluding hydrogens is 184 g/mol. The number of nitrogens with two attached hydrogens (primary N) is 1. The third-order valence-corrected chi connectivity index (χ3v) is 2.54. The zero-order valence-corrected chi connectivity index (χ0v) is 8.11. The smallest absolute Gasteiger partial charge is 0.320 e. The van der Waals surface area contributed by atoms with Crippen molar-refractivity contribution in [1.29, 1.82) is 0 Å². The van der Waals surface area contributed by atoms with Crippen LogP contribution in [0.4, 0.5) is 0 Å². The van der Waals surface area contributed by atoms with Crippen molar-refractivity contribution in [1.82, 2.24) is 4.90 Å². The van der Waals surface area contributed by atoms with Crippen LogP contribution in [-0.2, 0) is 9.59 Å². The molecule has 0 spiro atoms. The Morgan fingerprint density at radius 3 is 2.71 bits per heavy atom. The fourth-order valence-electron chi connectivity index (χ4n) is 1.79. The van der Waals surface area contributed by atoms with Gasteiger partial charge in [0.15, 0.2) is 0 Å². The summed E-state index contributed by atoms with van der Waals surface area (Å²) in [5.41, 5.74) is 5.02. The highest BCUT2D eigenvalue weighted by Gasteiger charge is 2.27. The van der Waals surface area contributed by atoms with Gasteiger partial charge in [0.05, 0.1) is 0 Å². The van der Waals surface area contributed by atoms with Gasteiger partial charge in [-0.3, -0.25) is 14.5 Å². The molecule has 1 unspecified atom stereocenters. The van der Waals surface area contributed by atoms with Crippen LogP contribution in [-0.4, -0.2) is 41.0 Å². The molecule has 0 radical (unpaired) electrons. The number of rotatable bonds is 4.